The summed E-state index contributed by atoms with van der Waals surface area (Å²) in [6.07, 6.45) is 1.75. The maximum atomic E-state index is 12.1. The average molecular weight is 289 g/mol. The monoisotopic (exact) mass is 289 g/mol. The molecule has 0 aliphatic heterocycles. The van der Waals surface area contributed by atoms with Crippen LogP contribution in [-0.4, -0.2) is 20.2 Å². The molecule has 0 amide bonds. The number of nitrogens with one attached hydrogen (secondary N) is 2. The summed E-state index contributed by atoms with van der Waals surface area (Å²) in [5.74, 6) is 0.740. The summed E-state index contributed by atoms with van der Waals surface area (Å²) >= 11 is 1.38. The van der Waals surface area contributed by atoms with Crippen LogP contribution in [0.5, 0.6) is 0 Å². The van der Waals surface area contributed by atoms with E-state index in [1.165, 1.54) is 11.3 Å². The fraction of sp³-hybridized carbons (Fsp3) is 0.308. The average Bonchev–Trinajstić information content (AvgIpc) is 3.05. The second kappa shape index (κ2) is 4.84. The molecule has 3 rings (SSSR count). The summed E-state index contributed by atoms with van der Waals surface area (Å²) in [7, 11) is 0. The fourth-order valence-electron chi connectivity index (χ4n) is 1.96. The molecule has 4 N–H and O–H groups in total. The maximum absolute atomic E-state index is 12.1. The molecule has 7 heteroatoms. The summed E-state index contributed by atoms with van der Waals surface area (Å²) in [6, 6.07) is 3.46. The van der Waals surface area contributed by atoms with Crippen molar-refractivity contribution < 1.29 is 0 Å². The Morgan fingerprint density at radius 2 is 2.20 bits per heavy atom. The molecule has 0 bridgehead atoms. The second-order valence-corrected chi connectivity index (χ2v) is 6.06. The Kier molecular flexibility index (Phi) is 3.15. The minimum Gasteiger partial charge on any atom is -0.321 e. The number of fused-ring (bicyclic) bond motifs is 1. The number of thiophene rings is 1. The Bertz CT molecular complexity index is 787. The zero-order valence-electron chi connectivity index (χ0n) is 11.2. The topological polar surface area (TPSA) is 100 Å². The van der Waals surface area contributed by atoms with E-state index in [0.717, 1.165) is 10.6 Å². The van der Waals surface area contributed by atoms with E-state index in [-0.39, 0.29) is 17.5 Å². The molecule has 6 nitrogen and oxygen atoms in total. The Morgan fingerprint density at radius 3 is 2.85 bits per heavy atom. The molecular formula is C13H15N5OS. The van der Waals surface area contributed by atoms with E-state index in [1.807, 2.05) is 26.0 Å². The number of aromatic amines is 2. The van der Waals surface area contributed by atoms with Gasteiger partial charge in [-0.3, -0.25) is 9.89 Å². The summed E-state index contributed by atoms with van der Waals surface area (Å²) in [5.41, 5.74) is 7.38. The minimum absolute atomic E-state index is 0.145. The van der Waals surface area contributed by atoms with Crippen molar-refractivity contribution in [3.05, 3.63) is 34.5 Å². The number of H-pyrrole nitrogens is 2. The van der Waals surface area contributed by atoms with Gasteiger partial charge in [0, 0.05) is 6.20 Å². The Balaban J connectivity index is 2.15. The van der Waals surface area contributed by atoms with Gasteiger partial charge in [-0.25, -0.2) is 4.98 Å². The Labute approximate surface area is 119 Å². The number of nitrogens with two attached hydrogens (primary N) is 1. The van der Waals surface area contributed by atoms with Crippen LogP contribution < -0.4 is 11.3 Å². The van der Waals surface area contributed by atoms with E-state index >= 15 is 0 Å². The molecule has 104 valence electrons. The van der Waals surface area contributed by atoms with Gasteiger partial charge in [0.1, 0.15) is 16.2 Å². The molecule has 0 saturated carbocycles. The number of rotatable bonds is 3. The van der Waals surface area contributed by atoms with Crippen molar-refractivity contribution in [2.24, 2.45) is 11.7 Å². The van der Waals surface area contributed by atoms with E-state index in [1.54, 1.807) is 6.20 Å². The Morgan fingerprint density at radius 1 is 1.40 bits per heavy atom. The van der Waals surface area contributed by atoms with Crippen LogP contribution in [0.3, 0.4) is 0 Å². The largest absolute Gasteiger partial charge is 0.321 e. The van der Waals surface area contributed by atoms with Gasteiger partial charge < -0.3 is 10.7 Å². The van der Waals surface area contributed by atoms with Gasteiger partial charge in [0.2, 0.25) is 0 Å². The van der Waals surface area contributed by atoms with E-state index < -0.39 is 0 Å². The third-order valence-electron chi connectivity index (χ3n) is 3.19. The van der Waals surface area contributed by atoms with Crippen LogP contribution in [-0.2, 0) is 0 Å². The first-order chi connectivity index (χ1) is 9.56. The second-order valence-electron chi connectivity index (χ2n) is 5.01. The van der Waals surface area contributed by atoms with Gasteiger partial charge in [0.25, 0.3) is 5.56 Å². The Hall–Kier alpha value is -1.99. The molecular weight excluding hydrogens is 274 g/mol. The van der Waals surface area contributed by atoms with Gasteiger partial charge in [0.05, 0.1) is 16.4 Å². The quantitative estimate of drug-likeness (QED) is 0.686. The molecule has 3 aromatic rings. The van der Waals surface area contributed by atoms with Gasteiger partial charge in [-0.15, -0.1) is 11.3 Å². The summed E-state index contributed by atoms with van der Waals surface area (Å²) in [5, 5.41) is 6.88. The lowest BCUT2D eigenvalue weighted by molar-refractivity contribution is 0.491. The van der Waals surface area contributed by atoms with Crippen LogP contribution in [0.2, 0.25) is 0 Å². The van der Waals surface area contributed by atoms with Crippen LogP contribution in [0.15, 0.2) is 23.1 Å². The molecule has 0 aromatic carbocycles. The highest BCUT2D eigenvalue weighted by atomic mass is 32.1. The predicted molar refractivity (Wildman–Crippen MR) is 79.6 cm³/mol. The molecule has 3 heterocycles. The number of aromatic nitrogens is 4. The molecule has 20 heavy (non-hydrogen) atoms. The summed E-state index contributed by atoms with van der Waals surface area (Å²) < 4.78 is 0.600. The van der Waals surface area contributed by atoms with Gasteiger partial charge in [-0.2, -0.15) is 5.10 Å². The number of hydrogen-bond donors (Lipinski definition) is 3. The fourth-order valence-corrected chi connectivity index (χ4v) is 2.92. The van der Waals surface area contributed by atoms with Gasteiger partial charge >= 0.3 is 0 Å². The first-order valence-corrected chi connectivity index (χ1v) is 7.17. The van der Waals surface area contributed by atoms with Crippen LogP contribution in [0, 0.1) is 5.92 Å². The number of hydrogen-bond acceptors (Lipinski definition) is 5. The molecule has 0 saturated heterocycles. The normalized spacial score (nSPS) is 13.2. The van der Waals surface area contributed by atoms with Crippen LogP contribution in [0.4, 0.5) is 0 Å². The first kappa shape index (κ1) is 13.0. The minimum atomic E-state index is -0.277. The molecule has 0 radical (unpaired) electrons. The molecule has 0 aliphatic rings. The van der Waals surface area contributed by atoms with Crippen LogP contribution >= 0.6 is 11.3 Å². The molecule has 0 fully saturated rings. The number of nitrogens with zero attached hydrogens (tertiary/aromatic N) is 2. The van der Waals surface area contributed by atoms with E-state index in [0.29, 0.717) is 16.0 Å². The summed E-state index contributed by atoms with van der Waals surface area (Å²) in [6.45, 7) is 4.00. The lowest BCUT2D eigenvalue weighted by Gasteiger charge is -2.13. The maximum Gasteiger partial charge on any atom is 0.268 e. The third-order valence-corrected chi connectivity index (χ3v) is 4.33. The zero-order chi connectivity index (χ0) is 14.3. The smallest absolute Gasteiger partial charge is 0.268 e. The third kappa shape index (κ3) is 2.14. The van der Waals surface area contributed by atoms with Crippen molar-refractivity contribution in [1.29, 1.82) is 0 Å². The van der Waals surface area contributed by atoms with Crippen molar-refractivity contribution in [2.75, 3.05) is 0 Å². The van der Waals surface area contributed by atoms with Crippen molar-refractivity contribution in [2.45, 2.75) is 19.9 Å². The van der Waals surface area contributed by atoms with Crippen LogP contribution in [0.25, 0.3) is 20.8 Å². The molecule has 1 atom stereocenters. The highest BCUT2D eigenvalue weighted by Crippen LogP contribution is 2.29. The van der Waals surface area contributed by atoms with Gasteiger partial charge in [-0.05, 0) is 18.1 Å². The molecule has 3 aromatic heterocycles. The standard InChI is InChI=1S/C13H15N5OS/c1-6(2)10(14)12-16-8-5-9(7-3-4-15-18-7)20-11(8)13(19)17-12/h3-6,10H,14H2,1-2H3,(H,15,18)(H,16,17,19)/t10-/m0/s1. The van der Waals surface area contributed by atoms with Gasteiger partial charge in [-0.1, -0.05) is 13.8 Å². The van der Waals surface area contributed by atoms with E-state index in [4.69, 9.17) is 5.73 Å². The highest BCUT2D eigenvalue weighted by Gasteiger charge is 2.16. The summed E-state index contributed by atoms with van der Waals surface area (Å²) in [4.78, 5) is 20.3. The van der Waals surface area contributed by atoms with Crippen molar-refractivity contribution in [3.63, 3.8) is 0 Å². The zero-order valence-corrected chi connectivity index (χ0v) is 12.0. The molecule has 0 spiro atoms. The van der Waals surface area contributed by atoms with Crippen molar-refractivity contribution in [3.8, 4) is 10.6 Å². The van der Waals surface area contributed by atoms with Crippen LogP contribution in [0.1, 0.15) is 25.7 Å². The van der Waals surface area contributed by atoms with Gasteiger partial charge in [0.15, 0.2) is 0 Å². The first-order valence-electron chi connectivity index (χ1n) is 6.35. The SMILES string of the molecule is CC(C)[C@H](N)c1nc2cc(-c3cc[nH]n3)sc2c(=O)[nH]1. The van der Waals surface area contributed by atoms with E-state index in [2.05, 4.69) is 20.2 Å². The van der Waals surface area contributed by atoms with Crippen molar-refractivity contribution >= 4 is 21.6 Å². The molecule has 0 unspecified atom stereocenters. The lowest BCUT2D eigenvalue weighted by atomic mass is 10.1. The molecule has 0 aliphatic carbocycles. The lowest BCUT2D eigenvalue weighted by Crippen LogP contribution is -2.23. The predicted octanol–water partition coefficient (Wildman–Crippen LogP) is 2.03. The van der Waals surface area contributed by atoms with E-state index in [9.17, 15) is 4.79 Å². The van der Waals surface area contributed by atoms with Crippen molar-refractivity contribution in [1.82, 2.24) is 20.2 Å². The highest BCUT2D eigenvalue weighted by molar-refractivity contribution is 7.22.